The van der Waals surface area contributed by atoms with E-state index in [-0.39, 0.29) is 0 Å². The van der Waals surface area contributed by atoms with Crippen LogP contribution >= 0.6 is 11.6 Å². The third-order valence-corrected chi connectivity index (χ3v) is 6.33. The van der Waals surface area contributed by atoms with E-state index in [2.05, 4.69) is 13.8 Å². The lowest BCUT2D eigenvalue weighted by Crippen LogP contribution is -2.38. The summed E-state index contributed by atoms with van der Waals surface area (Å²) in [6, 6.07) is 7.25. The number of sulfonamides is 1. The van der Waals surface area contributed by atoms with E-state index in [0.717, 1.165) is 18.4 Å². The smallest absolute Gasteiger partial charge is 0.207 e. The fourth-order valence-corrected chi connectivity index (χ4v) is 4.26. The van der Waals surface area contributed by atoms with Gasteiger partial charge in [-0.05, 0) is 42.4 Å². The van der Waals surface area contributed by atoms with Crippen LogP contribution in [0.5, 0.6) is 0 Å². The highest BCUT2D eigenvalue weighted by atomic mass is 35.5. The van der Waals surface area contributed by atoms with Crippen LogP contribution in [0.2, 0.25) is 0 Å². The molecule has 20 heavy (non-hydrogen) atoms. The lowest BCUT2D eigenvalue weighted by molar-refractivity contribution is 0.290. The molecule has 0 aliphatic carbocycles. The third-order valence-electron chi connectivity index (χ3n) is 3.98. The van der Waals surface area contributed by atoms with Crippen molar-refractivity contribution >= 4 is 21.6 Å². The van der Waals surface area contributed by atoms with Crippen molar-refractivity contribution in [2.75, 3.05) is 19.0 Å². The fourth-order valence-electron chi connectivity index (χ4n) is 2.48. The Balaban J connectivity index is 2.14. The molecule has 0 radical (unpaired) electrons. The molecule has 0 spiro atoms. The molecule has 1 aliphatic rings. The van der Waals surface area contributed by atoms with Crippen molar-refractivity contribution in [1.82, 2.24) is 4.31 Å². The first-order valence-corrected chi connectivity index (χ1v) is 9.08. The summed E-state index contributed by atoms with van der Waals surface area (Å²) in [5.74, 6) is 1.48. The molecule has 3 nitrogen and oxygen atoms in total. The highest BCUT2D eigenvalue weighted by Gasteiger charge is 2.28. The minimum Gasteiger partial charge on any atom is -0.207 e. The van der Waals surface area contributed by atoms with E-state index in [4.69, 9.17) is 11.6 Å². The van der Waals surface area contributed by atoms with Gasteiger partial charge in [0.05, 0.1) is 4.90 Å². The van der Waals surface area contributed by atoms with Crippen LogP contribution in [0.25, 0.3) is 0 Å². The molecule has 1 fully saturated rings. The van der Waals surface area contributed by atoms with Crippen molar-refractivity contribution in [2.45, 2.75) is 37.5 Å². The van der Waals surface area contributed by atoms with Gasteiger partial charge in [0.1, 0.15) is 0 Å². The summed E-state index contributed by atoms with van der Waals surface area (Å²) in [4.78, 5) is 0.395. The Morgan fingerprint density at radius 3 is 2.20 bits per heavy atom. The van der Waals surface area contributed by atoms with Crippen LogP contribution < -0.4 is 0 Å². The largest absolute Gasteiger partial charge is 0.243 e. The van der Waals surface area contributed by atoms with E-state index in [1.54, 1.807) is 16.4 Å². The van der Waals surface area contributed by atoms with Gasteiger partial charge in [0.2, 0.25) is 10.0 Å². The van der Waals surface area contributed by atoms with Gasteiger partial charge in [0.25, 0.3) is 0 Å². The van der Waals surface area contributed by atoms with Gasteiger partial charge >= 0.3 is 0 Å². The average Bonchev–Trinajstić information content (AvgIpc) is 2.47. The summed E-state index contributed by atoms with van der Waals surface area (Å²) in [6.07, 6.45) is 1.71. The first-order valence-electron chi connectivity index (χ1n) is 7.11. The summed E-state index contributed by atoms with van der Waals surface area (Å²) < 4.78 is 26.7. The zero-order chi connectivity index (χ0) is 14.8. The van der Waals surface area contributed by atoms with Gasteiger partial charge in [-0.3, -0.25) is 0 Å². The molecule has 112 valence electrons. The molecule has 1 heterocycles. The fraction of sp³-hybridized carbons (Fsp3) is 0.600. The molecule has 0 N–H and O–H groups in total. The van der Waals surface area contributed by atoms with Crippen LogP contribution in [0.15, 0.2) is 29.2 Å². The third kappa shape index (κ3) is 3.35. The second-order valence-electron chi connectivity index (χ2n) is 5.73. The Labute approximate surface area is 127 Å². The van der Waals surface area contributed by atoms with Crippen molar-refractivity contribution in [3.05, 3.63) is 29.8 Å². The Bertz CT molecular complexity index is 531. The van der Waals surface area contributed by atoms with Gasteiger partial charge in [-0.1, -0.05) is 26.0 Å². The molecule has 0 atom stereocenters. The Hall–Kier alpha value is -0.580. The number of nitrogens with zero attached hydrogens (tertiary/aromatic N) is 1. The maximum atomic E-state index is 12.6. The summed E-state index contributed by atoms with van der Waals surface area (Å²) in [5.41, 5.74) is 1.16. The van der Waals surface area contributed by atoms with Gasteiger partial charge in [-0.2, -0.15) is 4.31 Å². The molecule has 1 aliphatic heterocycles. The van der Waals surface area contributed by atoms with Crippen LogP contribution in [-0.2, 0) is 10.0 Å². The molecule has 0 saturated carbocycles. The van der Waals surface area contributed by atoms with Crippen LogP contribution in [0.1, 0.15) is 38.2 Å². The van der Waals surface area contributed by atoms with Gasteiger partial charge in [0, 0.05) is 19.0 Å². The number of alkyl halides is 1. The molecule has 0 unspecified atom stereocenters. The lowest BCUT2D eigenvalue weighted by atomic mass is 10.0. The van der Waals surface area contributed by atoms with E-state index < -0.39 is 10.0 Å². The maximum Gasteiger partial charge on any atom is 0.243 e. The molecular weight excluding hydrogens is 294 g/mol. The molecule has 1 aromatic rings. The van der Waals surface area contributed by atoms with Crippen molar-refractivity contribution in [2.24, 2.45) is 5.92 Å². The molecule has 0 bridgehead atoms. The second-order valence-corrected chi connectivity index (χ2v) is 7.97. The molecule has 0 amide bonds. The summed E-state index contributed by atoms with van der Waals surface area (Å²) in [5, 5.41) is 0. The topological polar surface area (TPSA) is 37.4 Å². The molecule has 5 heteroatoms. The number of piperidine rings is 1. The SMILES string of the molecule is CC(C)c1ccc(S(=O)(=O)N2CCC(CCl)CC2)cc1. The number of hydrogen-bond donors (Lipinski definition) is 0. The van der Waals surface area contributed by atoms with Crippen LogP contribution in [0.3, 0.4) is 0 Å². The first-order chi connectivity index (χ1) is 9.45. The highest BCUT2D eigenvalue weighted by Crippen LogP contribution is 2.25. The monoisotopic (exact) mass is 315 g/mol. The quantitative estimate of drug-likeness (QED) is 0.798. The van der Waals surface area contributed by atoms with E-state index >= 15 is 0 Å². The minimum atomic E-state index is -3.35. The minimum absolute atomic E-state index is 0.395. The van der Waals surface area contributed by atoms with Gasteiger partial charge in [-0.25, -0.2) is 8.42 Å². The standard InChI is InChI=1S/C15H22ClNO2S/c1-12(2)14-3-5-15(6-4-14)20(18,19)17-9-7-13(11-16)8-10-17/h3-6,12-13H,7-11H2,1-2H3. The predicted molar refractivity (Wildman–Crippen MR) is 82.7 cm³/mol. The second kappa shape index (κ2) is 6.46. The summed E-state index contributed by atoms with van der Waals surface area (Å²) in [6.45, 7) is 5.35. The van der Waals surface area contributed by atoms with Gasteiger partial charge < -0.3 is 0 Å². The van der Waals surface area contributed by atoms with E-state index in [1.807, 2.05) is 12.1 Å². The summed E-state index contributed by atoms with van der Waals surface area (Å²) in [7, 11) is -3.35. The predicted octanol–water partition coefficient (Wildman–Crippen LogP) is 3.45. The highest BCUT2D eigenvalue weighted by molar-refractivity contribution is 7.89. The zero-order valence-electron chi connectivity index (χ0n) is 12.0. The average molecular weight is 316 g/mol. The van der Waals surface area contributed by atoms with Crippen molar-refractivity contribution in [1.29, 1.82) is 0 Å². The van der Waals surface area contributed by atoms with Crippen molar-refractivity contribution in [3.63, 3.8) is 0 Å². The summed E-state index contributed by atoms with van der Waals surface area (Å²) >= 11 is 5.84. The Morgan fingerprint density at radius 2 is 1.75 bits per heavy atom. The first kappa shape index (κ1) is 15.8. The number of halogens is 1. The lowest BCUT2D eigenvalue weighted by Gasteiger charge is -2.30. The molecule has 0 aromatic heterocycles. The van der Waals surface area contributed by atoms with Gasteiger partial charge in [0.15, 0.2) is 0 Å². The normalized spacial score (nSPS) is 18.6. The number of benzene rings is 1. The van der Waals surface area contributed by atoms with E-state index in [9.17, 15) is 8.42 Å². The van der Waals surface area contributed by atoms with E-state index in [1.165, 1.54) is 0 Å². The molecule has 1 saturated heterocycles. The van der Waals surface area contributed by atoms with Crippen molar-refractivity contribution in [3.8, 4) is 0 Å². The molecular formula is C15H22ClNO2S. The van der Waals surface area contributed by atoms with Crippen LogP contribution in [-0.4, -0.2) is 31.7 Å². The Kier molecular flexibility index (Phi) is 5.10. The van der Waals surface area contributed by atoms with Gasteiger partial charge in [-0.15, -0.1) is 11.6 Å². The van der Waals surface area contributed by atoms with Crippen LogP contribution in [0, 0.1) is 5.92 Å². The molecule has 2 rings (SSSR count). The number of rotatable bonds is 4. The maximum absolute atomic E-state index is 12.6. The Morgan fingerprint density at radius 1 is 1.20 bits per heavy atom. The van der Waals surface area contributed by atoms with Crippen molar-refractivity contribution < 1.29 is 8.42 Å². The zero-order valence-corrected chi connectivity index (χ0v) is 13.6. The number of hydrogen-bond acceptors (Lipinski definition) is 2. The molecule has 1 aromatic carbocycles. The van der Waals surface area contributed by atoms with Crippen LogP contribution in [0.4, 0.5) is 0 Å². The van der Waals surface area contributed by atoms with E-state index in [0.29, 0.717) is 35.7 Å².